The van der Waals surface area contributed by atoms with E-state index in [4.69, 9.17) is 18.0 Å². The Morgan fingerprint density at radius 3 is 2.71 bits per heavy atom. The van der Waals surface area contributed by atoms with Gasteiger partial charge in [-0.05, 0) is 37.6 Å². The molecule has 110 valence electrons. The van der Waals surface area contributed by atoms with Gasteiger partial charge < -0.3 is 10.6 Å². The van der Waals surface area contributed by atoms with Crippen molar-refractivity contribution in [2.75, 3.05) is 18.5 Å². The Hall–Kier alpha value is -2.01. The summed E-state index contributed by atoms with van der Waals surface area (Å²) in [5, 5.41) is 0. The van der Waals surface area contributed by atoms with Crippen molar-refractivity contribution in [2.24, 2.45) is 5.73 Å². The second-order valence-corrected chi connectivity index (χ2v) is 5.58. The second-order valence-electron chi connectivity index (χ2n) is 5.14. The third-order valence-electron chi connectivity index (χ3n) is 3.36. The predicted molar refractivity (Wildman–Crippen MR) is 90.8 cm³/mol. The smallest absolute Gasteiger partial charge is 0.139 e. The number of nitrogens with zero attached hydrogens (tertiary/aromatic N) is 3. The summed E-state index contributed by atoms with van der Waals surface area (Å²) in [4.78, 5) is 11.4. The molecule has 5 heteroatoms. The molecule has 0 atom stereocenters. The molecule has 0 amide bonds. The molecule has 0 saturated heterocycles. The Labute approximate surface area is 131 Å². The van der Waals surface area contributed by atoms with Gasteiger partial charge in [0.25, 0.3) is 0 Å². The summed E-state index contributed by atoms with van der Waals surface area (Å²) in [6, 6.07) is 7.95. The molecular weight excluding hydrogens is 280 g/mol. The summed E-state index contributed by atoms with van der Waals surface area (Å²) in [7, 11) is 2.01. The van der Waals surface area contributed by atoms with Crippen LogP contribution in [0.2, 0.25) is 0 Å². The number of anilines is 1. The number of aryl methyl sites for hydroxylation is 2. The number of hydrogen-bond acceptors (Lipinski definition) is 4. The maximum Gasteiger partial charge on any atom is 0.139 e. The van der Waals surface area contributed by atoms with Crippen molar-refractivity contribution in [3.8, 4) is 0 Å². The molecule has 0 spiro atoms. The molecule has 0 aliphatic heterocycles. The summed E-state index contributed by atoms with van der Waals surface area (Å²) in [6.45, 7) is 4.80. The molecule has 2 aromatic rings. The highest BCUT2D eigenvalue weighted by atomic mass is 32.1. The highest BCUT2D eigenvalue weighted by molar-refractivity contribution is 7.80. The van der Waals surface area contributed by atoms with Crippen molar-refractivity contribution in [3.05, 3.63) is 53.0 Å². The predicted octanol–water partition coefficient (Wildman–Crippen LogP) is 2.41. The van der Waals surface area contributed by atoms with Gasteiger partial charge in [0.2, 0.25) is 0 Å². The number of aromatic nitrogens is 2. The molecule has 21 heavy (non-hydrogen) atoms. The lowest BCUT2D eigenvalue weighted by molar-refractivity contribution is 0.834. The number of pyridine rings is 2. The van der Waals surface area contributed by atoms with Crippen LogP contribution in [0.25, 0.3) is 0 Å². The summed E-state index contributed by atoms with van der Waals surface area (Å²) < 4.78 is 0. The number of likely N-dealkylation sites (N-methyl/N-ethyl adjacent to an activating group) is 1. The molecule has 0 aliphatic rings. The van der Waals surface area contributed by atoms with E-state index in [9.17, 15) is 0 Å². The van der Waals surface area contributed by atoms with Gasteiger partial charge in [-0.1, -0.05) is 18.3 Å². The van der Waals surface area contributed by atoms with E-state index in [0.29, 0.717) is 4.99 Å². The first-order chi connectivity index (χ1) is 9.99. The van der Waals surface area contributed by atoms with E-state index in [1.54, 1.807) is 0 Å². The third-order valence-corrected chi connectivity index (χ3v) is 3.57. The number of hydrogen-bond donors (Lipinski definition) is 1. The highest BCUT2D eigenvalue weighted by Gasteiger charge is 2.15. The van der Waals surface area contributed by atoms with Gasteiger partial charge in [-0.3, -0.25) is 4.98 Å². The number of rotatable bonds is 5. The Morgan fingerprint density at radius 2 is 2.10 bits per heavy atom. The summed E-state index contributed by atoms with van der Waals surface area (Å²) in [5.74, 6) is 0.843. The first-order valence-corrected chi connectivity index (χ1v) is 7.29. The van der Waals surface area contributed by atoms with Crippen molar-refractivity contribution >= 4 is 23.0 Å². The van der Waals surface area contributed by atoms with Crippen LogP contribution in [0.15, 0.2) is 30.5 Å². The zero-order valence-corrected chi connectivity index (χ0v) is 13.4. The standard InChI is InChI=1S/C16H20N4S/c1-11-10-12(2)19-16(14(11)15(17)21)20(3)9-7-13-6-4-5-8-18-13/h4-6,8,10H,7,9H2,1-3H3,(H2,17,21). The quantitative estimate of drug-likeness (QED) is 0.859. The van der Waals surface area contributed by atoms with E-state index in [-0.39, 0.29) is 0 Å². The first-order valence-electron chi connectivity index (χ1n) is 6.88. The third kappa shape index (κ3) is 3.76. The first kappa shape index (κ1) is 15.4. The molecule has 2 rings (SSSR count). The molecule has 0 aromatic carbocycles. The molecule has 4 nitrogen and oxygen atoms in total. The maximum atomic E-state index is 5.86. The normalized spacial score (nSPS) is 10.4. The van der Waals surface area contributed by atoms with Crippen molar-refractivity contribution in [2.45, 2.75) is 20.3 Å². The van der Waals surface area contributed by atoms with E-state index in [1.807, 2.05) is 51.4 Å². The largest absolute Gasteiger partial charge is 0.389 e. The van der Waals surface area contributed by atoms with Gasteiger partial charge in [0.1, 0.15) is 10.8 Å². The fourth-order valence-electron chi connectivity index (χ4n) is 2.33. The van der Waals surface area contributed by atoms with E-state index in [0.717, 1.165) is 41.3 Å². The molecule has 2 aromatic heterocycles. The van der Waals surface area contributed by atoms with Crippen LogP contribution in [0.3, 0.4) is 0 Å². The van der Waals surface area contributed by atoms with Gasteiger partial charge in [-0.15, -0.1) is 0 Å². The molecule has 2 N–H and O–H groups in total. The van der Waals surface area contributed by atoms with Gasteiger partial charge in [-0.25, -0.2) is 4.98 Å². The summed E-state index contributed by atoms with van der Waals surface area (Å²) in [5.41, 5.74) is 9.81. The Bertz CT molecular complexity index is 640. The second kappa shape index (κ2) is 6.63. The van der Waals surface area contributed by atoms with Crippen LogP contribution in [0, 0.1) is 13.8 Å². The number of thiocarbonyl (C=S) groups is 1. The minimum atomic E-state index is 0.389. The molecule has 0 aliphatic carbocycles. The lowest BCUT2D eigenvalue weighted by Crippen LogP contribution is -2.26. The van der Waals surface area contributed by atoms with Gasteiger partial charge in [0, 0.05) is 37.6 Å². The van der Waals surface area contributed by atoms with Crippen molar-refractivity contribution < 1.29 is 0 Å². The molecule has 2 heterocycles. The highest BCUT2D eigenvalue weighted by Crippen LogP contribution is 2.21. The van der Waals surface area contributed by atoms with E-state index in [2.05, 4.69) is 14.9 Å². The zero-order valence-electron chi connectivity index (χ0n) is 12.6. The Morgan fingerprint density at radius 1 is 1.33 bits per heavy atom. The summed E-state index contributed by atoms with van der Waals surface area (Å²) >= 11 is 5.18. The van der Waals surface area contributed by atoms with Crippen LogP contribution in [0.5, 0.6) is 0 Å². The van der Waals surface area contributed by atoms with Crippen LogP contribution < -0.4 is 10.6 Å². The number of nitrogens with two attached hydrogens (primary N) is 1. The van der Waals surface area contributed by atoms with Crippen LogP contribution in [0.1, 0.15) is 22.5 Å². The monoisotopic (exact) mass is 300 g/mol. The average Bonchev–Trinajstić information content (AvgIpc) is 2.44. The molecule has 0 unspecified atom stereocenters. The fraction of sp³-hybridized carbons (Fsp3) is 0.312. The van der Waals surface area contributed by atoms with E-state index < -0.39 is 0 Å². The fourth-order valence-corrected chi connectivity index (χ4v) is 2.58. The minimum Gasteiger partial charge on any atom is -0.389 e. The van der Waals surface area contributed by atoms with Gasteiger partial charge >= 0.3 is 0 Å². The van der Waals surface area contributed by atoms with Crippen LogP contribution in [0.4, 0.5) is 5.82 Å². The van der Waals surface area contributed by atoms with E-state index in [1.165, 1.54) is 0 Å². The lowest BCUT2D eigenvalue weighted by atomic mass is 10.1. The van der Waals surface area contributed by atoms with Crippen molar-refractivity contribution in [1.29, 1.82) is 0 Å². The van der Waals surface area contributed by atoms with Crippen LogP contribution in [-0.2, 0) is 6.42 Å². The van der Waals surface area contributed by atoms with Gasteiger partial charge in [-0.2, -0.15) is 0 Å². The van der Waals surface area contributed by atoms with Crippen LogP contribution >= 0.6 is 12.2 Å². The molecular formula is C16H20N4S. The Kier molecular flexibility index (Phi) is 4.85. The zero-order chi connectivity index (χ0) is 15.4. The maximum absolute atomic E-state index is 5.86. The average molecular weight is 300 g/mol. The molecule has 0 fully saturated rings. The summed E-state index contributed by atoms with van der Waals surface area (Å²) in [6.07, 6.45) is 2.66. The molecule has 0 bridgehead atoms. The van der Waals surface area contributed by atoms with Gasteiger partial charge in [0.15, 0.2) is 0 Å². The lowest BCUT2D eigenvalue weighted by Gasteiger charge is -2.22. The van der Waals surface area contributed by atoms with E-state index >= 15 is 0 Å². The van der Waals surface area contributed by atoms with Gasteiger partial charge in [0.05, 0.1) is 5.56 Å². The van der Waals surface area contributed by atoms with Crippen molar-refractivity contribution in [3.63, 3.8) is 0 Å². The van der Waals surface area contributed by atoms with Crippen molar-refractivity contribution in [1.82, 2.24) is 9.97 Å². The molecule has 0 radical (unpaired) electrons. The van der Waals surface area contributed by atoms with Crippen LogP contribution in [-0.4, -0.2) is 28.5 Å². The molecule has 0 saturated carbocycles. The Balaban J connectivity index is 2.22. The SMILES string of the molecule is Cc1cc(C)c(C(N)=S)c(N(C)CCc2ccccn2)n1. The topological polar surface area (TPSA) is 55.0 Å². The minimum absolute atomic E-state index is 0.389.